The Hall–Kier alpha value is -1.71. The molecule has 1 aromatic rings. The lowest BCUT2D eigenvalue weighted by Crippen LogP contribution is -2.20. The highest BCUT2D eigenvalue weighted by Crippen LogP contribution is 2.21. The molecule has 0 saturated carbocycles. The van der Waals surface area contributed by atoms with E-state index in [1.165, 1.54) is 0 Å². The lowest BCUT2D eigenvalue weighted by molar-refractivity contribution is -0.122. The second-order valence-corrected chi connectivity index (χ2v) is 7.29. The molecule has 0 fully saturated rings. The number of aryl methyl sites for hydroxylation is 1. The maximum atomic E-state index is 14.6. The Morgan fingerprint density at radius 1 is 1.08 bits per heavy atom. The molecule has 0 radical (unpaired) electrons. The molecule has 3 nitrogen and oxygen atoms in total. The van der Waals surface area contributed by atoms with Crippen molar-refractivity contribution in [2.24, 2.45) is 11.8 Å². The van der Waals surface area contributed by atoms with Crippen molar-refractivity contribution in [1.29, 1.82) is 0 Å². The van der Waals surface area contributed by atoms with Crippen LogP contribution >= 0.6 is 0 Å². The molecule has 2 unspecified atom stereocenters. The van der Waals surface area contributed by atoms with Crippen LogP contribution in [0.5, 0.6) is 0 Å². The Balaban J connectivity index is 2.45. The van der Waals surface area contributed by atoms with Crippen LogP contribution in [0.2, 0.25) is 0 Å². The van der Waals surface area contributed by atoms with Crippen molar-refractivity contribution in [2.75, 3.05) is 5.32 Å². The van der Waals surface area contributed by atoms with Gasteiger partial charge in [-0.15, -0.1) is 0 Å². The fraction of sp³-hybridized carbons (Fsp3) is 0.636. The number of carbonyl (C=O) groups is 2. The molecule has 4 heteroatoms. The van der Waals surface area contributed by atoms with Gasteiger partial charge >= 0.3 is 0 Å². The average molecular weight is 364 g/mol. The van der Waals surface area contributed by atoms with E-state index < -0.39 is 0 Å². The normalized spacial score (nSPS) is 13.3. The van der Waals surface area contributed by atoms with E-state index in [1.54, 1.807) is 18.2 Å². The molecular formula is C22H34FNO2. The number of amides is 1. The monoisotopic (exact) mass is 363 g/mol. The molecule has 146 valence electrons. The van der Waals surface area contributed by atoms with E-state index in [-0.39, 0.29) is 29.2 Å². The molecule has 26 heavy (non-hydrogen) atoms. The molecule has 1 amide bonds. The molecule has 0 aliphatic heterocycles. The third-order valence-corrected chi connectivity index (χ3v) is 5.04. The number of Topliss-reactive ketones (excluding diaryl/α,β-unsaturated/α-hetero) is 1. The van der Waals surface area contributed by atoms with Crippen LogP contribution < -0.4 is 5.32 Å². The molecule has 0 saturated heterocycles. The maximum Gasteiger partial charge on any atom is 0.227 e. The molecule has 1 aromatic carbocycles. The fourth-order valence-corrected chi connectivity index (χ4v) is 2.94. The van der Waals surface area contributed by atoms with Crippen LogP contribution in [0.25, 0.3) is 0 Å². The third-order valence-electron chi connectivity index (χ3n) is 5.04. The van der Waals surface area contributed by atoms with Crippen LogP contribution in [0.3, 0.4) is 0 Å². The number of hydrogen-bond donors (Lipinski definition) is 1. The number of benzene rings is 1. The largest absolute Gasteiger partial charge is 0.323 e. The lowest BCUT2D eigenvalue weighted by atomic mass is 9.96. The third kappa shape index (κ3) is 7.27. The summed E-state index contributed by atoms with van der Waals surface area (Å²) in [5.41, 5.74) is 0.883. The zero-order valence-electron chi connectivity index (χ0n) is 16.7. The summed E-state index contributed by atoms with van der Waals surface area (Å²) >= 11 is 0. The average Bonchev–Trinajstić information content (AvgIpc) is 2.63. The number of ketones is 1. The van der Waals surface area contributed by atoms with Crippen LogP contribution in [0.4, 0.5) is 10.1 Å². The number of halogens is 1. The highest BCUT2D eigenvalue weighted by molar-refractivity contribution is 5.92. The van der Waals surface area contributed by atoms with Crippen LogP contribution in [0, 0.1) is 17.7 Å². The molecule has 1 rings (SSSR count). The number of hydrogen-bond acceptors (Lipinski definition) is 2. The Morgan fingerprint density at radius 3 is 2.46 bits per heavy atom. The Kier molecular flexibility index (Phi) is 10.2. The highest BCUT2D eigenvalue weighted by atomic mass is 19.1. The summed E-state index contributed by atoms with van der Waals surface area (Å²) in [5.74, 6) is -0.123. The minimum absolute atomic E-state index is 0.134. The van der Waals surface area contributed by atoms with Crippen LogP contribution in [-0.4, -0.2) is 11.7 Å². The molecule has 1 N–H and O–H groups in total. The van der Waals surface area contributed by atoms with Gasteiger partial charge in [0.25, 0.3) is 0 Å². The Labute approximate surface area is 157 Å². The molecular weight excluding hydrogens is 329 g/mol. The summed E-state index contributed by atoms with van der Waals surface area (Å²) in [6, 6.07) is 5.15. The fourth-order valence-electron chi connectivity index (χ4n) is 2.94. The van der Waals surface area contributed by atoms with Crippen molar-refractivity contribution in [3.05, 3.63) is 29.6 Å². The van der Waals surface area contributed by atoms with Gasteiger partial charge < -0.3 is 5.32 Å². The van der Waals surface area contributed by atoms with Gasteiger partial charge in [0, 0.05) is 18.3 Å². The van der Waals surface area contributed by atoms with Crippen molar-refractivity contribution in [2.45, 2.75) is 79.1 Å². The van der Waals surface area contributed by atoms with Crippen molar-refractivity contribution >= 4 is 17.4 Å². The van der Waals surface area contributed by atoms with E-state index in [2.05, 4.69) is 12.2 Å². The number of carbonyl (C=O) groups excluding carboxylic acids is 2. The summed E-state index contributed by atoms with van der Waals surface area (Å²) in [5, 5.41) is 2.68. The number of rotatable bonds is 12. The molecule has 2 atom stereocenters. The van der Waals surface area contributed by atoms with Crippen LogP contribution in [-0.2, 0) is 16.0 Å². The van der Waals surface area contributed by atoms with Crippen molar-refractivity contribution in [3.63, 3.8) is 0 Å². The summed E-state index contributed by atoms with van der Waals surface area (Å²) in [7, 11) is 0. The summed E-state index contributed by atoms with van der Waals surface area (Å²) < 4.78 is 14.6. The SMILES string of the molecule is CCCC(C)C(=O)CCCCCc1cccc(NC(=O)C(C)CC)c1F. The molecule has 0 spiro atoms. The second kappa shape index (κ2) is 11.8. The van der Waals surface area contributed by atoms with Gasteiger partial charge in [-0.2, -0.15) is 0 Å². The standard InChI is InChI=1S/C22H34FNO2/c1-5-11-17(4)20(25)15-9-7-8-12-18-13-10-14-19(21(18)23)24-22(26)16(3)6-2/h10,13-14,16-17H,5-9,11-12,15H2,1-4H3,(H,24,26). The first-order valence-electron chi connectivity index (χ1n) is 10.0. The van der Waals surface area contributed by atoms with Gasteiger partial charge in [-0.25, -0.2) is 4.39 Å². The molecule has 0 bridgehead atoms. The van der Waals surface area contributed by atoms with Gasteiger partial charge in [-0.05, 0) is 43.7 Å². The number of anilines is 1. The summed E-state index contributed by atoms with van der Waals surface area (Å²) in [6.45, 7) is 7.86. The molecule has 0 aliphatic rings. The van der Waals surface area contributed by atoms with Gasteiger partial charge in [0.15, 0.2) is 0 Å². The lowest BCUT2D eigenvalue weighted by Gasteiger charge is -2.13. The van der Waals surface area contributed by atoms with E-state index >= 15 is 0 Å². The minimum atomic E-state index is -0.336. The summed E-state index contributed by atoms with van der Waals surface area (Å²) in [6.07, 6.45) is 6.58. The van der Waals surface area contributed by atoms with Crippen molar-refractivity contribution in [1.82, 2.24) is 0 Å². The van der Waals surface area contributed by atoms with E-state index in [9.17, 15) is 14.0 Å². The molecule has 0 aliphatic carbocycles. The van der Waals surface area contributed by atoms with Crippen molar-refractivity contribution < 1.29 is 14.0 Å². The molecule has 0 aromatic heterocycles. The van der Waals surface area contributed by atoms with E-state index in [4.69, 9.17) is 0 Å². The summed E-state index contributed by atoms with van der Waals surface area (Å²) in [4.78, 5) is 23.9. The van der Waals surface area contributed by atoms with Crippen LogP contribution in [0.1, 0.15) is 78.2 Å². The van der Waals surface area contributed by atoms with E-state index in [0.29, 0.717) is 24.2 Å². The zero-order chi connectivity index (χ0) is 19.5. The number of unbranched alkanes of at least 4 members (excludes halogenated alkanes) is 2. The smallest absolute Gasteiger partial charge is 0.227 e. The van der Waals surface area contributed by atoms with E-state index in [0.717, 1.165) is 38.5 Å². The minimum Gasteiger partial charge on any atom is -0.323 e. The van der Waals surface area contributed by atoms with Gasteiger partial charge in [0.2, 0.25) is 5.91 Å². The Morgan fingerprint density at radius 2 is 1.81 bits per heavy atom. The first kappa shape index (κ1) is 22.3. The van der Waals surface area contributed by atoms with Crippen LogP contribution in [0.15, 0.2) is 18.2 Å². The van der Waals surface area contributed by atoms with Gasteiger partial charge in [-0.1, -0.05) is 52.7 Å². The van der Waals surface area contributed by atoms with Gasteiger partial charge in [0.1, 0.15) is 11.6 Å². The first-order chi connectivity index (χ1) is 12.4. The second-order valence-electron chi connectivity index (χ2n) is 7.29. The molecule has 0 heterocycles. The topological polar surface area (TPSA) is 46.2 Å². The predicted octanol–water partition coefficient (Wildman–Crippen LogP) is 5.92. The van der Waals surface area contributed by atoms with Gasteiger partial charge in [-0.3, -0.25) is 9.59 Å². The highest BCUT2D eigenvalue weighted by Gasteiger charge is 2.15. The number of nitrogens with one attached hydrogen (secondary N) is 1. The van der Waals surface area contributed by atoms with Gasteiger partial charge in [0.05, 0.1) is 5.69 Å². The van der Waals surface area contributed by atoms with Crippen molar-refractivity contribution in [3.8, 4) is 0 Å². The zero-order valence-corrected chi connectivity index (χ0v) is 16.7. The quantitative estimate of drug-likeness (QED) is 0.469. The van der Waals surface area contributed by atoms with E-state index in [1.807, 2.05) is 20.8 Å². The first-order valence-corrected chi connectivity index (χ1v) is 10.0. The maximum absolute atomic E-state index is 14.6. The predicted molar refractivity (Wildman–Crippen MR) is 106 cm³/mol. The Bertz CT molecular complexity index is 586.